The molecule has 1 aromatic carbocycles. The van der Waals surface area contributed by atoms with Crippen molar-refractivity contribution in [2.75, 3.05) is 20.1 Å². The zero-order chi connectivity index (χ0) is 20.5. The SMILES string of the molecule is CN1CCC(CCc2nc(-c3cc(C(F)(F)F)cc(C(F)(F)F)c3)no2)CC1. The second-order valence-corrected chi connectivity index (χ2v) is 7.09. The Balaban J connectivity index is 1.78. The van der Waals surface area contributed by atoms with Gasteiger partial charge in [0.2, 0.25) is 11.7 Å². The van der Waals surface area contributed by atoms with Gasteiger partial charge in [0.05, 0.1) is 11.1 Å². The van der Waals surface area contributed by atoms with Crippen LogP contribution in [0.1, 0.15) is 36.3 Å². The van der Waals surface area contributed by atoms with Gasteiger partial charge in [0.25, 0.3) is 0 Å². The van der Waals surface area contributed by atoms with Gasteiger partial charge in [-0.15, -0.1) is 0 Å². The van der Waals surface area contributed by atoms with Crippen LogP contribution in [0.15, 0.2) is 22.7 Å². The highest BCUT2D eigenvalue weighted by Crippen LogP contribution is 2.38. The molecule has 154 valence electrons. The quantitative estimate of drug-likeness (QED) is 0.666. The number of nitrogens with zero attached hydrogens (tertiary/aromatic N) is 3. The fourth-order valence-corrected chi connectivity index (χ4v) is 3.24. The van der Waals surface area contributed by atoms with Crippen molar-refractivity contribution in [1.29, 1.82) is 0 Å². The molecule has 0 unspecified atom stereocenters. The van der Waals surface area contributed by atoms with E-state index in [1.165, 1.54) is 0 Å². The van der Waals surface area contributed by atoms with E-state index in [9.17, 15) is 26.3 Å². The maximum atomic E-state index is 13.0. The second-order valence-electron chi connectivity index (χ2n) is 7.09. The first-order valence-electron chi connectivity index (χ1n) is 8.83. The van der Waals surface area contributed by atoms with Gasteiger partial charge in [-0.05, 0) is 63.5 Å². The molecule has 0 amide bonds. The molecular weight excluding hydrogens is 388 g/mol. The molecule has 0 N–H and O–H groups in total. The summed E-state index contributed by atoms with van der Waals surface area (Å²) in [6, 6.07) is 1.27. The molecule has 2 aromatic rings. The Morgan fingerprint density at radius 3 is 2.11 bits per heavy atom. The highest BCUT2D eigenvalue weighted by molar-refractivity contribution is 5.58. The van der Waals surface area contributed by atoms with Crippen molar-refractivity contribution in [3.8, 4) is 11.4 Å². The number of hydrogen-bond donors (Lipinski definition) is 0. The van der Waals surface area contributed by atoms with E-state index in [-0.39, 0.29) is 23.3 Å². The molecule has 3 rings (SSSR count). The van der Waals surface area contributed by atoms with Crippen molar-refractivity contribution in [2.24, 2.45) is 5.92 Å². The van der Waals surface area contributed by atoms with Gasteiger partial charge in [-0.3, -0.25) is 0 Å². The van der Waals surface area contributed by atoms with E-state index in [0.29, 0.717) is 24.5 Å². The minimum atomic E-state index is -4.92. The predicted molar refractivity (Wildman–Crippen MR) is 88.3 cm³/mol. The number of aryl methyl sites for hydroxylation is 1. The number of aromatic nitrogens is 2. The normalized spacial score (nSPS) is 17.2. The van der Waals surface area contributed by atoms with Crippen LogP contribution in [0.25, 0.3) is 11.4 Å². The van der Waals surface area contributed by atoms with Crippen molar-refractivity contribution in [2.45, 2.75) is 38.0 Å². The van der Waals surface area contributed by atoms with Crippen LogP contribution in [0.5, 0.6) is 0 Å². The summed E-state index contributed by atoms with van der Waals surface area (Å²) in [4.78, 5) is 6.23. The van der Waals surface area contributed by atoms with Crippen LogP contribution in [0, 0.1) is 5.92 Å². The molecule has 0 radical (unpaired) electrons. The van der Waals surface area contributed by atoms with Gasteiger partial charge >= 0.3 is 12.4 Å². The Morgan fingerprint density at radius 1 is 1.00 bits per heavy atom. The molecule has 0 spiro atoms. The average Bonchev–Trinajstić information content (AvgIpc) is 3.08. The lowest BCUT2D eigenvalue weighted by Crippen LogP contribution is -2.30. The molecule has 1 aliphatic heterocycles. The number of piperidine rings is 1. The summed E-state index contributed by atoms with van der Waals surface area (Å²) in [6.45, 7) is 1.98. The van der Waals surface area contributed by atoms with Crippen molar-refractivity contribution in [1.82, 2.24) is 15.0 Å². The van der Waals surface area contributed by atoms with E-state index < -0.39 is 23.5 Å². The van der Waals surface area contributed by atoms with E-state index in [1.807, 2.05) is 7.05 Å². The molecule has 0 aliphatic carbocycles. The second kappa shape index (κ2) is 7.73. The average molecular weight is 407 g/mol. The lowest BCUT2D eigenvalue weighted by atomic mass is 9.92. The molecule has 0 atom stereocenters. The largest absolute Gasteiger partial charge is 0.416 e. The third-order valence-corrected chi connectivity index (χ3v) is 4.92. The lowest BCUT2D eigenvalue weighted by Gasteiger charge is -2.28. The van der Waals surface area contributed by atoms with Gasteiger partial charge in [0.1, 0.15) is 0 Å². The van der Waals surface area contributed by atoms with Crippen molar-refractivity contribution in [3.05, 3.63) is 35.2 Å². The summed E-state index contributed by atoms with van der Waals surface area (Å²) in [5.74, 6) is 0.409. The van der Waals surface area contributed by atoms with Crippen LogP contribution in [0.4, 0.5) is 26.3 Å². The van der Waals surface area contributed by atoms with Crippen LogP contribution < -0.4 is 0 Å². The Morgan fingerprint density at radius 2 is 1.57 bits per heavy atom. The maximum Gasteiger partial charge on any atom is 0.416 e. The van der Waals surface area contributed by atoms with Gasteiger partial charge in [0.15, 0.2) is 0 Å². The summed E-state index contributed by atoms with van der Waals surface area (Å²) < 4.78 is 82.9. The number of halogens is 6. The standard InChI is InChI=1S/C18H19F6N3O/c1-27-6-4-11(5-7-27)2-3-15-25-16(26-28-15)12-8-13(17(19,20)21)10-14(9-12)18(22,23)24/h8-11H,2-7H2,1H3. The molecule has 0 saturated carbocycles. The van der Waals surface area contributed by atoms with E-state index in [1.54, 1.807) is 0 Å². The number of rotatable bonds is 4. The smallest absolute Gasteiger partial charge is 0.339 e. The lowest BCUT2D eigenvalue weighted by molar-refractivity contribution is -0.143. The number of benzene rings is 1. The number of likely N-dealkylation sites (tertiary alicyclic amines) is 1. The van der Waals surface area contributed by atoms with E-state index in [4.69, 9.17) is 4.52 Å². The van der Waals surface area contributed by atoms with Crippen LogP contribution in [-0.2, 0) is 18.8 Å². The van der Waals surface area contributed by atoms with Gasteiger partial charge in [0, 0.05) is 12.0 Å². The Kier molecular flexibility index (Phi) is 5.69. The van der Waals surface area contributed by atoms with Crippen molar-refractivity contribution < 1.29 is 30.9 Å². The third-order valence-electron chi connectivity index (χ3n) is 4.92. The van der Waals surface area contributed by atoms with Crippen LogP contribution >= 0.6 is 0 Å². The molecule has 2 heterocycles. The van der Waals surface area contributed by atoms with Crippen LogP contribution in [-0.4, -0.2) is 35.2 Å². The molecular formula is C18H19F6N3O. The van der Waals surface area contributed by atoms with Gasteiger partial charge in [-0.1, -0.05) is 5.16 Å². The summed E-state index contributed by atoms with van der Waals surface area (Å²) in [6.07, 6.45) is -6.56. The maximum absolute atomic E-state index is 13.0. The first-order valence-corrected chi connectivity index (χ1v) is 8.83. The van der Waals surface area contributed by atoms with Crippen LogP contribution in [0.2, 0.25) is 0 Å². The van der Waals surface area contributed by atoms with Gasteiger partial charge < -0.3 is 9.42 Å². The van der Waals surface area contributed by atoms with Gasteiger partial charge in [-0.25, -0.2) is 0 Å². The summed E-state index contributed by atoms with van der Waals surface area (Å²) >= 11 is 0. The molecule has 10 heteroatoms. The molecule has 28 heavy (non-hydrogen) atoms. The van der Waals surface area contributed by atoms with E-state index in [2.05, 4.69) is 15.0 Å². The third kappa shape index (κ3) is 5.03. The summed E-state index contributed by atoms with van der Waals surface area (Å²) in [5.41, 5.74) is -3.19. The van der Waals surface area contributed by atoms with Crippen molar-refractivity contribution in [3.63, 3.8) is 0 Å². The minimum Gasteiger partial charge on any atom is -0.339 e. The molecule has 1 aromatic heterocycles. The number of alkyl halides is 6. The fraction of sp³-hybridized carbons (Fsp3) is 0.556. The molecule has 0 bridgehead atoms. The minimum absolute atomic E-state index is 0.0740. The van der Waals surface area contributed by atoms with E-state index >= 15 is 0 Å². The monoisotopic (exact) mass is 407 g/mol. The van der Waals surface area contributed by atoms with Crippen LogP contribution in [0.3, 0.4) is 0 Å². The summed E-state index contributed by atoms with van der Waals surface area (Å²) in [5, 5.41) is 3.58. The molecule has 1 fully saturated rings. The Labute approximate surface area is 157 Å². The topological polar surface area (TPSA) is 42.2 Å². The predicted octanol–water partition coefficient (Wildman–Crippen LogP) is 5.05. The zero-order valence-corrected chi connectivity index (χ0v) is 15.1. The fourth-order valence-electron chi connectivity index (χ4n) is 3.24. The Bertz CT molecular complexity index is 774. The first kappa shape index (κ1) is 20.6. The molecule has 4 nitrogen and oxygen atoms in total. The highest BCUT2D eigenvalue weighted by atomic mass is 19.4. The van der Waals surface area contributed by atoms with E-state index in [0.717, 1.165) is 32.4 Å². The van der Waals surface area contributed by atoms with Crippen molar-refractivity contribution >= 4 is 0 Å². The zero-order valence-electron chi connectivity index (χ0n) is 15.1. The summed E-state index contributed by atoms with van der Waals surface area (Å²) in [7, 11) is 2.05. The van der Waals surface area contributed by atoms with Gasteiger partial charge in [-0.2, -0.15) is 31.3 Å². The molecule has 1 aliphatic rings. The molecule has 1 saturated heterocycles. The first-order chi connectivity index (χ1) is 13.0. The Hall–Kier alpha value is -2.10. The number of hydrogen-bond acceptors (Lipinski definition) is 4. The highest BCUT2D eigenvalue weighted by Gasteiger charge is 2.37.